The highest BCUT2D eigenvalue weighted by Crippen LogP contribution is 2.30. The Morgan fingerprint density at radius 2 is 1.44 bits per heavy atom. The van der Waals surface area contributed by atoms with Crippen molar-refractivity contribution >= 4 is 15.9 Å². The van der Waals surface area contributed by atoms with Gasteiger partial charge in [0.05, 0.1) is 0 Å². The lowest BCUT2D eigenvalue weighted by atomic mass is 9.88. The maximum absolute atomic E-state index is 13.2. The number of benzene rings is 2. The van der Waals surface area contributed by atoms with Gasteiger partial charge in [-0.2, -0.15) is 0 Å². The van der Waals surface area contributed by atoms with Crippen LogP contribution in [0.2, 0.25) is 0 Å². The Hall–Kier alpha value is -1.26. The summed E-state index contributed by atoms with van der Waals surface area (Å²) < 4.78 is 27.2. The standard InChI is InChI=1S/C14H11BrF2O/c1-14(18,9-2-4-11(15)5-3-9)10-6-12(16)8-13(17)7-10/h2-8,18H,1H3. The van der Waals surface area contributed by atoms with Gasteiger partial charge < -0.3 is 5.11 Å². The fraction of sp³-hybridized carbons (Fsp3) is 0.143. The fourth-order valence-electron chi connectivity index (χ4n) is 1.78. The monoisotopic (exact) mass is 312 g/mol. The molecule has 1 N–H and O–H groups in total. The molecule has 0 spiro atoms. The minimum Gasteiger partial charge on any atom is -0.381 e. The van der Waals surface area contributed by atoms with Crippen LogP contribution in [0.15, 0.2) is 46.9 Å². The van der Waals surface area contributed by atoms with Crippen LogP contribution in [0.4, 0.5) is 8.78 Å². The Morgan fingerprint density at radius 1 is 0.944 bits per heavy atom. The Labute approximate surface area is 112 Å². The summed E-state index contributed by atoms with van der Waals surface area (Å²) in [5.74, 6) is -1.41. The molecule has 0 aliphatic rings. The summed E-state index contributed by atoms with van der Waals surface area (Å²) in [4.78, 5) is 0. The Bertz CT molecular complexity index is 544. The quantitative estimate of drug-likeness (QED) is 0.889. The maximum Gasteiger partial charge on any atom is 0.126 e. The average molecular weight is 313 g/mol. The number of halogens is 3. The molecule has 0 fully saturated rings. The van der Waals surface area contributed by atoms with Crippen LogP contribution in [0.3, 0.4) is 0 Å². The molecule has 2 aromatic rings. The van der Waals surface area contributed by atoms with E-state index in [1.165, 1.54) is 6.92 Å². The summed E-state index contributed by atoms with van der Waals surface area (Å²) in [7, 11) is 0. The van der Waals surface area contributed by atoms with E-state index < -0.39 is 17.2 Å². The number of hydrogen-bond donors (Lipinski definition) is 1. The van der Waals surface area contributed by atoms with Gasteiger partial charge in [-0.05, 0) is 42.3 Å². The molecule has 4 heteroatoms. The summed E-state index contributed by atoms with van der Waals surface area (Å²) in [5, 5.41) is 10.4. The van der Waals surface area contributed by atoms with E-state index in [1.54, 1.807) is 24.3 Å². The van der Waals surface area contributed by atoms with E-state index in [2.05, 4.69) is 15.9 Å². The molecule has 94 valence electrons. The van der Waals surface area contributed by atoms with Crippen LogP contribution in [0, 0.1) is 11.6 Å². The van der Waals surface area contributed by atoms with Crippen LogP contribution in [0.1, 0.15) is 18.1 Å². The molecule has 0 aliphatic carbocycles. The first-order chi connectivity index (χ1) is 8.39. The third-order valence-corrected chi connectivity index (χ3v) is 3.36. The van der Waals surface area contributed by atoms with Gasteiger partial charge >= 0.3 is 0 Å². The van der Waals surface area contributed by atoms with Crippen LogP contribution in [-0.4, -0.2) is 5.11 Å². The van der Waals surface area contributed by atoms with Gasteiger partial charge in [0, 0.05) is 10.5 Å². The summed E-state index contributed by atoms with van der Waals surface area (Å²) in [6.45, 7) is 1.50. The lowest BCUT2D eigenvalue weighted by Gasteiger charge is -2.24. The van der Waals surface area contributed by atoms with Gasteiger partial charge in [0.2, 0.25) is 0 Å². The highest BCUT2D eigenvalue weighted by molar-refractivity contribution is 9.10. The Kier molecular flexibility index (Phi) is 3.50. The molecule has 0 radical (unpaired) electrons. The van der Waals surface area contributed by atoms with Crippen molar-refractivity contribution in [2.24, 2.45) is 0 Å². The van der Waals surface area contributed by atoms with Crippen LogP contribution in [0.5, 0.6) is 0 Å². The third kappa shape index (κ3) is 2.60. The summed E-state index contributed by atoms with van der Waals surface area (Å²) >= 11 is 3.29. The second-order valence-corrected chi connectivity index (χ2v) is 5.15. The molecule has 0 saturated heterocycles. The molecular weight excluding hydrogens is 302 g/mol. The van der Waals surface area contributed by atoms with E-state index in [4.69, 9.17) is 0 Å². The molecular formula is C14H11BrF2O. The van der Waals surface area contributed by atoms with Gasteiger partial charge in [-0.15, -0.1) is 0 Å². The van der Waals surface area contributed by atoms with Gasteiger partial charge in [-0.3, -0.25) is 0 Å². The normalized spacial score (nSPS) is 14.3. The molecule has 0 aliphatic heterocycles. The summed E-state index contributed by atoms with van der Waals surface area (Å²) in [6, 6.07) is 9.97. The highest BCUT2D eigenvalue weighted by atomic mass is 79.9. The SMILES string of the molecule is CC(O)(c1ccc(Br)cc1)c1cc(F)cc(F)c1. The lowest BCUT2D eigenvalue weighted by Crippen LogP contribution is -2.23. The van der Waals surface area contributed by atoms with Crippen molar-refractivity contribution < 1.29 is 13.9 Å². The number of hydrogen-bond acceptors (Lipinski definition) is 1. The molecule has 2 aromatic carbocycles. The molecule has 0 aromatic heterocycles. The Balaban J connectivity index is 2.49. The van der Waals surface area contributed by atoms with Crippen molar-refractivity contribution in [1.29, 1.82) is 0 Å². The van der Waals surface area contributed by atoms with E-state index in [-0.39, 0.29) is 5.56 Å². The molecule has 1 unspecified atom stereocenters. The van der Waals surface area contributed by atoms with Gasteiger partial charge in [0.15, 0.2) is 0 Å². The fourth-order valence-corrected chi connectivity index (χ4v) is 2.04. The van der Waals surface area contributed by atoms with Crippen LogP contribution < -0.4 is 0 Å². The molecule has 0 saturated carbocycles. The predicted molar refractivity (Wildman–Crippen MR) is 69.2 cm³/mol. The summed E-state index contributed by atoms with van der Waals surface area (Å²) in [6.07, 6.45) is 0. The minimum absolute atomic E-state index is 0.183. The van der Waals surface area contributed by atoms with Crippen LogP contribution >= 0.6 is 15.9 Å². The van der Waals surface area contributed by atoms with E-state index in [9.17, 15) is 13.9 Å². The van der Waals surface area contributed by atoms with E-state index in [0.717, 1.165) is 22.7 Å². The first kappa shape index (κ1) is 13.2. The van der Waals surface area contributed by atoms with E-state index in [1.807, 2.05) is 0 Å². The first-order valence-corrected chi connectivity index (χ1v) is 6.14. The van der Waals surface area contributed by atoms with Crippen molar-refractivity contribution in [2.75, 3.05) is 0 Å². The van der Waals surface area contributed by atoms with E-state index >= 15 is 0 Å². The second-order valence-electron chi connectivity index (χ2n) is 4.24. The van der Waals surface area contributed by atoms with Crippen molar-refractivity contribution in [3.05, 3.63) is 69.7 Å². The summed E-state index contributed by atoms with van der Waals surface area (Å²) in [5.41, 5.74) is -0.693. The lowest BCUT2D eigenvalue weighted by molar-refractivity contribution is 0.101. The highest BCUT2D eigenvalue weighted by Gasteiger charge is 2.26. The number of aliphatic hydroxyl groups is 1. The second kappa shape index (κ2) is 4.78. The molecule has 0 heterocycles. The molecule has 1 atom stereocenters. The molecule has 1 nitrogen and oxygen atoms in total. The zero-order chi connectivity index (χ0) is 13.3. The van der Waals surface area contributed by atoms with Gasteiger partial charge in [0.25, 0.3) is 0 Å². The molecule has 0 bridgehead atoms. The van der Waals surface area contributed by atoms with Crippen molar-refractivity contribution in [2.45, 2.75) is 12.5 Å². The van der Waals surface area contributed by atoms with Gasteiger partial charge in [0.1, 0.15) is 17.2 Å². The van der Waals surface area contributed by atoms with Crippen LogP contribution in [0.25, 0.3) is 0 Å². The van der Waals surface area contributed by atoms with Crippen molar-refractivity contribution in [3.63, 3.8) is 0 Å². The van der Waals surface area contributed by atoms with Crippen LogP contribution in [-0.2, 0) is 5.60 Å². The predicted octanol–water partition coefficient (Wildman–Crippen LogP) is 3.98. The molecule has 18 heavy (non-hydrogen) atoms. The zero-order valence-electron chi connectivity index (χ0n) is 9.62. The molecule has 2 rings (SSSR count). The zero-order valence-corrected chi connectivity index (χ0v) is 11.2. The van der Waals surface area contributed by atoms with E-state index in [0.29, 0.717) is 5.56 Å². The first-order valence-electron chi connectivity index (χ1n) is 5.34. The minimum atomic E-state index is -1.44. The smallest absolute Gasteiger partial charge is 0.126 e. The average Bonchev–Trinajstić information content (AvgIpc) is 2.28. The van der Waals surface area contributed by atoms with Crippen molar-refractivity contribution in [3.8, 4) is 0 Å². The largest absolute Gasteiger partial charge is 0.381 e. The van der Waals surface area contributed by atoms with Gasteiger partial charge in [-0.25, -0.2) is 8.78 Å². The molecule has 0 amide bonds. The maximum atomic E-state index is 13.2. The topological polar surface area (TPSA) is 20.2 Å². The Morgan fingerprint density at radius 3 is 1.94 bits per heavy atom. The number of rotatable bonds is 2. The third-order valence-electron chi connectivity index (χ3n) is 2.83. The van der Waals surface area contributed by atoms with Gasteiger partial charge in [-0.1, -0.05) is 28.1 Å². The van der Waals surface area contributed by atoms with Crippen molar-refractivity contribution in [1.82, 2.24) is 0 Å².